The second-order valence-electron chi connectivity index (χ2n) is 4.33. The highest BCUT2D eigenvalue weighted by atomic mass is 79.9. The first-order chi connectivity index (χ1) is 8.19. The first-order valence-corrected chi connectivity index (χ1v) is 6.57. The third-order valence-electron chi connectivity index (χ3n) is 2.94. The SMILES string of the molecule is CC1CCC(CNc2cc(Br)ccc2C#N)O1. The van der Waals surface area contributed by atoms with Crippen molar-refractivity contribution in [1.82, 2.24) is 0 Å². The maximum absolute atomic E-state index is 9.01. The molecular weight excluding hydrogens is 280 g/mol. The fraction of sp³-hybridized carbons (Fsp3) is 0.462. The Balaban J connectivity index is 1.99. The van der Waals surface area contributed by atoms with E-state index in [1.807, 2.05) is 18.2 Å². The van der Waals surface area contributed by atoms with Gasteiger partial charge in [-0.15, -0.1) is 0 Å². The van der Waals surface area contributed by atoms with Gasteiger partial charge in [0.05, 0.1) is 23.5 Å². The van der Waals surface area contributed by atoms with Crippen LogP contribution in [0.3, 0.4) is 0 Å². The first kappa shape index (κ1) is 12.4. The zero-order valence-corrected chi connectivity index (χ0v) is 11.3. The van der Waals surface area contributed by atoms with Crippen molar-refractivity contribution in [3.63, 3.8) is 0 Å². The van der Waals surface area contributed by atoms with Gasteiger partial charge in [0.25, 0.3) is 0 Å². The minimum Gasteiger partial charge on any atom is -0.381 e. The Bertz CT molecular complexity index is 442. The van der Waals surface area contributed by atoms with Gasteiger partial charge in [-0.3, -0.25) is 0 Å². The lowest BCUT2D eigenvalue weighted by Crippen LogP contribution is -2.20. The number of anilines is 1. The van der Waals surface area contributed by atoms with Crippen molar-refractivity contribution in [2.24, 2.45) is 0 Å². The summed E-state index contributed by atoms with van der Waals surface area (Å²) >= 11 is 3.41. The van der Waals surface area contributed by atoms with Crippen LogP contribution in [0.2, 0.25) is 0 Å². The Morgan fingerprint density at radius 1 is 1.53 bits per heavy atom. The number of nitrogens with zero attached hydrogens (tertiary/aromatic N) is 1. The van der Waals surface area contributed by atoms with Crippen molar-refractivity contribution in [2.45, 2.75) is 32.0 Å². The highest BCUT2D eigenvalue weighted by molar-refractivity contribution is 9.10. The average molecular weight is 295 g/mol. The molecule has 1 heterocycles. The van der Waals surface area contributed by atoms with Crippen LogP contribution in [-0.4, -0.2) is 18.8 Å². The number of hydrogen-bond acceptors (Lipinski definition) is 3. The van der Waals surface area contributed by atoms with Gasteiger partial charge in [0.1, 0.15) is 6.07 Å². The molecule has 0 spiro atoms. The molecule has 2 unspecified atom stereocenters. The third-order valence-corrected chi connectivity index (χ3v) is 3.44. The van der Waals surface area contributed by atoms with Crippen LogP contribution >= 0.6 is 15.9 Å². The van der Waals surface area contributed by atoms with Gasteiger partial charge < -0.3 is 10.1 Å². The van der Waals surface area contributed by atoms with Crippen molar-refractivity contribution in [1.29, 1.82) is 5.26 Å². The molecule has 0 amide bonds. The molecule has 0 aromatic heterocycles. The van der Waals surface area contributed by atoms with E-state index >= 15 is 0 Å². The van der Waals surface area contributed by atoms with Gasteiger partial charge >= 0.3 is 0 Å². The Hall–Kier alpha value is -1.05. The second-order valence-corrected chi connectivity index (χ2v) is 5.24. The number of rotatable bonds is 3. The average Bonchev–Trinajstić information content (AvgIpc) is 2.73. The van der Waals surface area contributed by atoms with Crippen molar-refractivity contribution >= 4 is 21.6 Å². The van der Waals surface area contributed by atoms with E-state index in [1.54, 1.807) is 0 Å². The Morgan fingerprint density at radius 2 is 2.35 bits per heavy atom. The van der Waals surface area contributed by atoms with Gasteiger partial charge in [-0.1, -0.05) is 15.9 Å². The molecule has 2 rings (SSSR count). The summed E-state index contributed by atoms with van der Waals surface area (Å²) in [5.74, 6) is 0. The molecule has 0 radical (unpaired) electrons. The van der Waals surface area contributed by atoms with Gasteiger partial charge in [0, 0.05) is 11.0 Å². The number of nitrogens with one attached hydrogen (secondary N) is 1. The largest absolute Gasteiger partial charge is 0.381 e. The standard InChI is InChI=1S/C13H15BrN2O/c1-9-2-5-12(17-9)8-16-13-6-11(14)4-3-10(13)7-15/h3-4,6,9,12,16H,2,5,8H2,1H3. The smallest absolute Gasteiger partial charge is 0.101 e. The molecule has 1 aromatic rings. The molecule has 4 heteroatoms. The Morgan fingerprint density at radius 3 is 3.00 bits per heavy atom. The van der Waals surface area contributed by atoms with E-state index in [0.29, 0.717) is 11.7 Å². The fourth-order valence-electron chi connectivity index (χ4n) is 2.02. The topological polar surface area (TPSA) is 45.0 Å². The summed E-state index contributed by atoms with van der Waals surface area (Å²) in [6, 6.07) is 7.79. The lowest BCUT2D eigenvalue weighted by Gasteiger charge is -2.14. The zero-order valence-electron chi connectivity index (χ0n) is 9.74. The molecule has 2 atom stereocenters. The maximum atomic E-state index is 9.01. The molecule has 0 saturated carbocycles. The third kappa shape index (κ3) is 3.21. The van der Waals surface area contributed by atoms with Crippen molar-refractivity contribution < 1.29 is 4.74 Å². The summed E-state index contributed by atoms with van der Waals surface area (Å²) in [4.78, 5) is 0. The van der Waals surface area contributed by atoms with Crippen molar-refractivity contribution in [3.05, 3.63) is 28.2 Å². The van der Waals surface area contributed by atoms with E-state index in [4.69, 9.17) is 10.00 Å². The van der Waals surface area contributed by atoms with Gasteiger partial charge in [-0.25, -0.2) is 0 Å². The minimum atomic E-state index is 0.260. The lowest BCUT2D eigenvalue weighted by molar-refractivity contribution is 0.0637. The van der Waals surface area contributed by atoms with Crippen LogP contribution < -0.4 is 5.32 Å². The molecule has 3 nitrogen and oxygen atoms in total. The summed E-state index contributed by atoms with van der Waals surface area (Å²) in [6.45, 7) is 2.86. The van der Waals surface area contributed by atoms with Crippen LogP contribution in [0, 0.1) is 11.3 Å². The molecule has 1 fully saturated rings. The summed E-state index contributed by atoms with van der Waals surface area (Å²) in [6.07, 6.45) is 2.83. The number of benzene rings is 1. The van der Waals surface area contributed by atoms with E-state index in [2.05, 4.69) is 34.2 Å². The summed E-state index contributed by atoms with van der Waals surface area (Å²) < 4.78 is 6.70. The van der Waals surface area contributed by atoms with Gasteiger partial charge in [0.15, 0.2) is 0 Å². The van der Waals surface area contributed by atoms with E-state index in [9.17, 15) is 0 Å². The van der Waals surface area contributed by atoms with E-state index in [-0.39, 0.29) is 6.10 Å². The lowest BCUT2D eigenvalue weighted by atomic mass is 10.1. The minimum absolute atomic E-state index is 0.260. The zero-order chi connectivity index (χ0) is 12.3. The highest BCUT2D eigenvalue weighted by Crippen LogP contribution is 2.23. The van der Waals surface area contributed by atoms with E-state index in [0.717, 1.165) is 29.5 Å². The van der Waals surface area contributed by atoms with Crippen LogP contribution in [0.15, 0.2) is 22.7 Å². The monoisotopic (exact) mass is 294 g/mol. The maximum Gasteiger partial charge on any atom is 0.101 e. The number of ether oxygens (including phenoxy) is 1. The Kier molecular flexibility index (Phi) is 4.03. The number of nitriles is 1. The quantitative estimate of drug-likeness (QED) is 0.930. The van der Waals surface area contributed by atoms with Crippen molar-refractivity contribution in [3.8, 4) is 6.07 Å². The summed E-state index contributed by atoms with van der Waals surface area (Å²) in [7, 11) is 0. The molecule has 0 bridgehead atoms. The van der Waals surface area contributed by atoms with Crippen LogP contribution in [0.1, 0.15) is 25.3 Å². The number of halogens is 1. The molecule has 1 aliphatic heterocycles. The van der Waals surface area contributed by atoms with Crippen LogP contribution in [0.4, 0.5) is 5.69 Å². The van der Waals surface area contributed by atoms with Crippen LogP contribution in [0.25, 0.3) is 0 Å². The predicted molar refractivity (Wildman–Crippen MR) is 70.9 cm³/mol. The molecule has 1 saturated heterocycles. The van der Waals surface area contributed by atoms with E-state index < -0.39 is 0 Å². The normalized spacial score (nSPS) is 23.4. The second kappa shape index (κ2) is 5.52. The predicted octanol–water partition coefficient (Wildman–Crippen LogP) is 3.30. The number of hydrogen-bond donors (Lipinski definition) is 1. The van der Waals surface area contributed by atoms with Gasteiger partial charge in [0.2, 0.25) is 0 Å². The fourth-order valence-corrected chi connectivity index (χ4v) is 2.38. The molecule has 1 N–H and O–H groups in total. The molecule has 1 aromatic carbocycles. The molecule has 1 aliphatic rings. The Labute approximate surface area is 110 Å². The van der Waals surface area contributed by atoms with Gasteiger partial charge in [-0.2, -0.15) is 5.26 Å². The molecule has 17 heavy (non-hydrogen) atoms. The van der Waals surface area contributed by atoms with Crippen molar-refractivity contribution in [2.75, 3.05) is 11.9 Å². The van der Waals surface area contributed by atoms with Gasteiger partial charge in [-0.05, 0) is 38.0 Å². The summed E-state index contributed by atoms with van der Waals surface area (Å²) in [5.41, 5.74) is 1.53. The molecule has 90 valence electrons. The molecule has 0 aliphatic carbocycles. The highest BCUT2D eigenvalue weighted by Gasteiger charge is 2.21. The first-order valence-electron chi connectivity index (χ1n) is 5.78. The van der Waals surface area contributed by atoms with Crippen LogP contribution in [-0.2, 0) is 4.74 Å². The molecular formula is C13H15BrN2O. The van der Waals surface area contributed by atoms with Crippen LogP contribution in [0.5, 0.6) is 0 Å². The summed E-state index contributed by atoms with van der Waals surface area (Å²) in [5, 5.41) is 12.3. The van der Waals surface area contributed by atoms with E-state index in [1.165, 1.54) is 0 Å².